The number of alkyl carbamates (subject to hydrolysis) is 1. The van der Waals surface area contributed by atoms with E-state index in [9.17, 15) is 14.4 Å². The van der Waals surface area contributed by atoms with Gasteiger partial charge in [0.1, 0.15) is 17.7 Å². The predicted molar refractivity (Wildman–Crippen MR) is 166 cm³/mol. The van der Waals surface area contributed by atoms with Crippen LogP contribution in [-0.2, 0) is 20.7 Å². The number of hydrogen-bond donors (Lipinski definition) is 2. The van der Waals surface area contributed by atoms with Gasteiger partial charge in [0.15, 0.2) is 0 Å². The Morgan fingerprint density at radius 3 is 2.20 bits per heavy atom. The second kappa shape index (κ2) is 14.7. The molecule has 7 heteroatoms. The molecule has 7 nitrogen and oxygen atoms in total. The zero-order valence-corrected chi connectivity index (χ0v) is 25.3. The molecule has 41 heavy (non-hydrogen) atoms. The van der Waals surface area contributed by atoms with E-state index in [0.717, 1.165) is 48.4 Å². The van der Waals surface area contributed by atoms with Gasteiger partial charge >= 0.3 is 6.09 Å². The molecule has 2 unspecified atom stereocenters. The Morgan fingerprint density at radius 2 is 1.56 bits per heavy atom. The normalized spacial score (nSPS) is 12.8. The summed E-state index contributed by atoms with van der Waals surface area (Å²) >= 11 is 0. The van der Waals surface area contributed by atoms with Crippen molar-refractivity contribution in [1.29, 1.82) is 0 Å². The van der Waals surface area contributed by atoms with E-state index < -0.39 is 23.8 Å². The van der Waals surface area contributed by atoms with E-state index in [-0.39, 0.29) is 11.8 Å². The van der Waals surface area contributed by atoms with E-state index in [1.807, 2.05) is 66.7 Å². The predicted octanol–water partition coefficient (Wildman–Crippen LogP) is 7.40. The molecule has 220 valence electrons. The van der Waals surface area contributed by atoms with Crippen LogP contribution in [0.1, 0.15) is 84.4 Å². The van der Waals surface area contributed by atoms with Crippen LogP contribution in [0.4, 0.5) is 10.5 Å². The lowest BCUT2D eigenvalue weighted by Gasteiger charge is -2.34. The monoisotopic (exact) mass is 559 g/mol. The number of carbonyl (C=O) groups is 3. The summed E-state index contributed by atoms with van der Waals surface area (Å²) in [6.45, 7) is 11.5. The van der Waals surface area contributed by atoms with E-state index in [1.54, 1.807) is 32.6 Å². The van der Waals surface area contributed by atoms with Crippen LogP contribution in [0.3, 0.4) is 0 Å². The molecular formula is C34H45N3O4. The maximum Gasteiger partial charge on any atom is 0.408 e. The van der Waals surface area contributed by atoms with Crippen LogP contribution in [0.5, 0.6) is 0 Å². The smallest absolute Gasteiger partial charge is 0.408 e. The van der Waals surface area contributed by atoms with Crippen LogP contribution in [-0.4, -0.2) is 41.0 Å². The zero-order chi connectivity index (χ0) is 30.0. The molecular weight excluding hydrogens is 514 g/mol. The molecule has 3 aromatic carbocycles. The van der Waals surface area contributed by atoms with Crippen molar-refractivity contribution < 1.29 is 19.1 Å². The number of amides is 3. The molecule has 0 saturated carbocycles. The number of nitrogens with one attached hydrogen (secondary N) is 2. The summed E-state index contributed by atoms with van der Waals surface area (Å²) in [5.74, 6) is -0.650. The highest BCUT2D eigenvalue weighted by Gasteiger charge is 2.34. The van der Waals surface area contributed by atoms with Crippen LogP contribution in [0.25, 0.3) is 10.8 Å². The first-order chi connectivity index (χ1) is 19.5. The number of unbranched alkanes of at least 4 members (excludes halogenated alkanes) is 3. The second-order valence-corrected chi connectivity index (χ2v) is 11.5. The van der Waals surface area contributed by atoms with Crippen LogP contribution in [0.15, 0.2) is 66.7 Å². The van der Waals surface area contributed by atoms with Gasteiger partial charge < -0.3 is 20.3 Å². The number of rotatable bonds is 12. The molecule has 0 spiro atoms. The highest BCUT2D eigenvalue weighted by molar-refractivity contribution is 6.00. The molecule has 0 fully saturated rings. The van der Waals surface area contributed by atoms with Crippen molar-refractivity contribution in [3.8, 4) is 0 Å². The number of aryl methyl sites for hydroxylation is 1. The minimum Gasteiger partial charge on any atom is -0.444 e. The van der Waals surface area contributed by atoms with Gasteiger partial charge in [-0.25, -0.2) is 4.79 Å². The van der Waals surface area contributed by atoms with Gasteiger partial charge in [-0.2, -0.15) is 0 Å². The van der Waals surface area contributed by atoms with Crippen molar-refractivity contribution in [2.24, 2.45) is 0 Å². The molecule has 0 aliphatic carbocycles. The number of anilines is 1. The molecule has 0 aliphatic rings. The number of benzene rings is 3. The van der Waals surface area contributed by atoms with Gasteiger partial charge in [0.05, 0.1) is 0 Å². The molecule has 2 N–H and O–H groups in total. The topological polar surface area (TPSA) is 87.7 Å². The molecule has 3 aromatic rings. The molecule has 3 amide bonds. The summed E-state index contributed by atoms with van der Waals surface area (Å²) < 4.78 is 5.38. The third-order valence-corrected chi connectivity index (χ3v) is 6.92. The number of hydrogen-bond acceptors (Lipinski definition) is 4. The maximum absolute atomic E-state index is 14.1. The lowest BCUT2D eigenvalue weighted by atomic mass is 10.00. The van der Waals surface area contributed by atoms with E-state index in [0.29, 0.717) is 17.8 Å². The molecule has 0 saturated heterocycles. The van der Waals surface area contributed by atoms with Crippen molar-refractivity contribution in [3.05, 3.63) is 77.9 Å². The van der Waals surface area contributed by atoms with Crippen LogP contribution in [0.2, 0.25) is 0 Å². The summed E-state index contributed by atoms with van der Waals surface area (Å²) in [5.41, 5.74) is 1.81. The first-order valence-electron chi connectivity index (χ1n) is 14.7. The highest BCUT2D eigenvalue weighted by atomic mass is 16.6. The molecule has 0 radical (unpaired) electrons. The molecule has 0 bridgehead atoms. The number of carbonyl (C=O) groups excluding carboxylic acids is 3. The largest absolute Gasteiger partial charge is 0.444 e. The van der Waals surface area contributed by atoms with Crippen molar-refractivity contribution in [2.45, 2.75) is 91.3 Å². The first-order valence-corrected chi connectivity index (χ1v) is 14.7. The Hall–Kier alpha value is -3.87. The zero-order valence-electron chi connectivity index (χ0n) is 25.3. The van der Waals surface area contributed by atoms with Crippen molar-refractivity contribution in [2.75, 3.05) is 11.9 Å². The van der Waals surface area contributed by atoms with Gasteiger partial charge in [0, 0.05) is 12.2 Å². The van der Waals surface area contributed by atoms with Gasteiger partial charge in [0.25, 0.3) is 5.91 Å². The van der Waals surface area contributed by atoms with E-state index in [4.69, 9.17) is 4.74 Å². The highest BCUT2D eigenvalue weighted by Crippen LogP contribution is 2.27. The summed E-state index contributed by atoms with van der Waals surface area (Å²) in [6, 6.07) is 19.8. The van der Waals surface area contributed by atoms with Gasteiger partial charge in [-0.15, -0.1) is 0 Å². The van der Waals surface area contributed by atoms with Gasteiger partial charge in [-0.05, 0) is 74.6 Å². The average Bonchev–Trinajstić information content (AvgIpc) is 2.93. The van der Waals surface area contributed by atoms with Gasteiger partial charge in [-0.3, -0.25) is 9.59 Å². The third-order valence-electron chi connectivity index (χ3n) is 6.92. The fourth-order valence-corrected chi connectivity index (χ4v) is 4.76. The van der Waals surface area contributed by atoms with Gasteiger partial charge in [-0.1, -0.05) is 87.7 Å². The molecule has 0 aliphatic heterocycles. The van der Waals surface area contributed by atoms with E-state index in [2.05, 4.69) is 24.5 Å². The van der Waals surface area contributed by atoms with Crippen LogP contribution < -0.4 is 10.6 Å². The Bertz CT molecular complexity index is 1310. The van der Waals surface area contributed by atoms with Crippen LogP contribution in [0, 0.1) is 0 Å². The summed E-state index contributed by atoms with van der Waals surface area (Å²) in [4.78, 5) is 42.1. The lowest BCUT2D eigenvalue weighted by molar-refractivity contribution is -0.140. The Balaban J connectivity index is 1.96. The molecule has 0 aromatic heterocycles. The maximum atomic E-state index is 14.1. The quantitative estimate of drug-likeness (QED) is 0.226. The van der Waals surface area contributed by atoms with Crippen molar-refractivity contribution in [3.63, 3.8) is 0 Å². The standard InChI is InChI=1S/C34H45N3O4/c1-7-9-10-13-22-37(32(39)24(3)35-33(40)41-34(4,5)6)30(27-18-16-25(8-2)17-19-27)31(38)36-29-21-20-26-14-11-12-15-28(26)23-29/h11-12,14-21,23-24,30H,7-10,13,22H2,1-6H3,(H,35,40)(H,36,38). The number of nitrogens with zero attached hydrogens (tertiary/aromatic N) is 1. The fraction of sp³-hybridized carbons (Fsp3) is 0.441. The molecule has 0 heterocycles. The summed E-state index contributed by atoms with van der Waals surface area (Å²) in [5, 5.41) is 7.82. The SMILES string of the molecule is CCCCCCN(C(=O)C(C)NC(=O)OC(C)(C)C)C(C(=O)Nc1ccc2ccccc2c1)c1ccc(CC)cc1. The van der Waals surface area contributed by atoms with E-state index >= 15 is 0 Å². The van der Waals surface area contributed by atoms with Gasteiger partial charge in [0.2, 0.25) is 5.91 Å². The molecule has 3 rings (SSSR count). The van der Waals surface area contributed by atoms with Crippen molar-refractivity contribution >= 4 is 34.4 Å². The molecule has 2 atom stereocenters. The fourth-order valence-electron chi connectivity index (χ4n) is 4.76. The Morgan fingerprint density at radius 1 is 0.878 bits per heavy atom. The minimum absolute atomic E-state index is 0.308. The Labute approximate surface area is 244 Å². The minimum atomic E-state index is -0.887. The third kappa shape index (κ3) is 9.34. The first kappa shape index (κ1) is 31.7. The summed E-state index contributed by atoms with van der Waals surface area (Å²) in [7, 11) is 0. The Kier molecular flexibility index (Phi) is 11.3. The second-order valence-electron chi connectivity index (χ2n) is 11.5. The average molecular weight is 560 g/mol. The van der Waals surface area contributed by atoms with E-state index in [1.165, 1.54) is 0 Å². The number of fused-ring (bicyclic) bond motifs is 1. The van der Waals surface area contributed by atoms with Crippen molar-refractivity contribution in [1.82, 2.24) is 10.2 Å². The summed E-state index contributed by atoms with van der Waals surface area (Å²) in [6.07, 6.45) is 3.95. The number of ether oxygens (including phenoxy) is 1. The van der Waals surface area contributed by atoms with Crippen LogP contribution >= 0.6 is 0 Å². The lowest BCUT2D eigenvalue weighted by Crippen LogP contribution is -2.51.